The SMILES string of the molecule is CO/N=C(\C(=O)N[C@@H]1C(=O)N2C(C(=O)O)=C(C[n+]3ccn4c(CO)ccc4c3)CS[C@H]12)c1csc(N)n1. The fraction of sp³-hybridized carbons (Fsp3) is 0.273. The summed E-state index contributed by atoms with van der Waals surface area (Å²) in [5.74, 6) is -2.08. The summed E-state index contributed by atoms with van der Waals surface area (Å²) in [6, 6.07) is 2.73. The first-order valence-corrected chi connectivity index (χ1v) is 12.9. The normalized spacial score (nSPS) is 19.6. The molecule has 0 spiro atoms. The molecule has 3 aromatic rings. The Morgan fingerprint density at radius 2 is 2.22 bits per heavy atom. The number of thioether (sulfide) groups is 1. The molecule has 5 N–H and O–H groups in total. The van der Waals surface area contributed by atoms with E-state index in [9.17, 15) is 24.6 Å². The average Bonchev–Trinajstić information content (AvgIpc) is 3.50. The molecule has 2 atom stereocenters. The number of nitrogens with zero attached hydrogens (tertiary/aromatic N) is 5. The van der Waals surface area contributed by atoms with Gasteiger partial charge >= 0.3 is 5.97 Å². The van der Waals surface area contributed by atoms with Crippen LogP contribution in [0, 0.1) is 0 Å². The van der Waals surface area contributed by atoms with Crippen LogP contribution in [0.3, 0.4) is 0 Å². The van der Waals surface area contributed by atoms with Crippen molar-refractivity contribution in [2.75, 3.05) is 18.6 Å². The van der Waals surface area contributed by atoms with Gasteiger partial charge in [0.05, 0.1) is 12.8 Å². The summed E-state index contributed by atoms with van der Waals surface area (Å²) in [5, 5.41) is 27.0. The Bertz CT molecular complexity index is 1480. The summed E-state index contributed by atoms with van der Waals surface area (Å²) >= 11 is 2.49. The predicted octanol–water partition coefficient (Wildman–Crippen LogP) is -0.453. The maximum atomic E-state index is 13.0. The van der Waals surface area contributed by atoms with E-state index in [0.717, 1.165) is 22.5 Å². The second-order valence-corrected chi connectivity index (χ2v) is 10.2. The van der Waals surface area contributed by atoms with Gasteiger partial charge in [0.15, 0.2) is 29.8 Å². The molecule has 0 saturated carbocycles. The van der Waals surface area contributed by atoms with Crippen LogP contribution in [0.25, 0.3) is 5.52 Å². The molecule has 5 rings (SSSR count). The van der Waals surface area contributed by atoms with Crippen LogP contribution in [-0.4, -0.2) is 72.3 Å². The number of nitrogen functional groups attached to an aromatic ring is 1. The molecule has 1 fully saturated rings. The number of rotatable bonds is 8. The van der Waals surface area contributed by atoms with Crippen molar-refractivity contribution in [3.63, 3.8) is 0 Å². The van der Waals surface area contributed by atoms with E-state index in [2.05, 4.69) is 15.5 Å². The van der Waals surface area contributed by atoms with E-state index in [1.807, 2.05) is 27.3 Å². The van der Waals surface area contributed by atoms with E-state index in [4.69, 9.17) is 10.6 Å². The number of oxime groups is 1. The molecule has 0 bridgehead atoms. The third kappa shape index (κ3) is 4.41. The summed E-state index contributed by atoms with van der Waals surface area (Å²) in [6.45, 7) is 0.157. The number of fused-ring (bicyclic) bond motifs is 2. The van der Waals surface area contributed by atoms with Gasteiger partial charge in [-0.25, -0.2) is 9.78 Å². The molecule has 5 heterocycles. The molecule has 13 nitrogen and oxygen atoms in total. The first kappa shape index (κ1) is 24.7. The molecule has 2 aliphatic heterocycles. The van der Waals surface area contributed by atoms with Crippen LogP contribution in [0.2, 0.25) is 0 Å². The molecule has 0 unspecified atom stereocenters. The first-order chi connectivity index (χ1) is 17.8. The second-order valence-electron chi connectivity index (χ2n) is 8.19. The number of aliphatic hydroxyl groups excluding tert-OH is 1. The van der Waals surface area contributed by atoms with Gasteiger partial charge in [0, 0.05) is 22.4 Å². The first-order valence-electron chi connectivity index (χ1n) is 11.0. The number of aromatic nitrogens is 3. The van der Waals surface area contributed by atoms with E-state index >= 15 is 0 Å². The largest absolute Gasteiger partial charge is 0.477 e. The number of hydrogen-bond acceptors (Lipinski definition) is 10. The van der Waals surface area contributed by atoms with Crippen LogP contribution in [0.5, 0.6) is 0 Å². The number of thiazole rings is 1. The number of carbonyl (C=O) groups excluding carboxylic acids is 2. The number of aliphatic hydroxyl groups is 1. The smallest absolute Gasteiger partial charge is 0.352 e. The highest BCUT2D eigenvalue weighted by atomic mass is 32.2. The average molecular weight is 545 g/mol. The van der Waals surface area contributed by atoms with Crippen molar-refractivity contribution in [2.24, 2.45) is 5.16 Å². The minimum absolute atomic E-state index is 0.0869. The summed E-state index contributed by atoms with van der Waals surface area (Å²) in [6.07, 6.45) is 5.40. The lowest BCUT2D eigenvalue weighted by molar-refractivity contribution is -0.688. The number of nitrogens with one attached hydrogen (secondary N) is 1. The standard InChI is InChI=1S/C22H21N7O6S2/c1-35-26-15(14-10-37-22(23)24-14)18(31)25-16-19(32)29-17(21(33)34)11(9-36-20(16)29)6-27-4-5-28-12(7-27)2-3-13(28)8-30/h2-5,7,10,16,20,30H,6,8-9H2,1H3,(H3-,23,24,25,31,33,34)/p+1/b26-15-/t16-,20-/m1/s1. The molecule has 37 heavy (non-hydrogen) atoms. The van der Waals surface area contributed by atoms with Gasteiger partial charge in [0.1, 0.15) is 35.4 Å². The summed E-state index contributed by atoms with van der Waals surface area (Å²) in [4.78, 5) is 48.1. The Balaban J connectivity index is 1.35. The zero-order chi connectivity index (χ0) is 26.3. The molecule has 0 aromatic carbocycles. The summed E-state index contributed by atoms with van der Waals surface area (Å²) < 4.78 is 3.66. The van der Waals surface area contributed by atoms with Crippen LogP contribution in [0.15, 0.2) is 52.5 Å². The topological polar surface area (TPSA) is 176 Å². The van der Waals surface area contributed by atoms with Gasteiger partial charge in [-0.05, 0) is 12.1 Å². The molecule has 0 aliphatic carbocycles. The molecule has 0 radical (unpaired) electrons. The minimum atomic E-state index is -1.22. The van der Waals surface area contributed by atoms with Gasteiger partial charge in [-0.2, -0.15) is 4.57 Å². The fourth-order valence-corrected chi connectivity index (χ4v) is 6.20. The van der Waals surface area contributed by atoms with Crippen LogP contribution in [0.1, 0.15) is 11.4 Å². The molecular formula is C22H22N7O6S2+. The summed E-state index contributed by atoms with van der Waals surface area (Å²) in [7, 11) is 1.28. The Kier molecular flexibility index (Phi) is 6.57. The van der Waals surface area contributed by atoms with E-state index in [1.54, 1.807) is 17.8 Å². The second kappa shape index (κ2) is 9.84. The molecular weight excluding hydrogens is 522 g/mol. The lowest BCUT2D eigenvalue weighted by Crippen LogP contribution is -2.71. The molecule has 192 valence electrons. The predicted molar refractivity (Wildman–Crippen MR) is 133 cm³/mol. The zero-order valence-corrected chi connectivity index (χ0v) is 21.0. The number of hydrogen-bond donors (Lipinski definition) is 4. The number of nitrogens with two attached hydrogens (primary N) is 1. The van der Waals surface area contributed by atoms with Crippen LogP contribution in [-0.2, 0) is 32.4 Å². The van der Waals surface area contributed by atoms with Crippen molar-refractivity contribution in [1.29, 1.82) is 0 Å². The van der Waals surface area contributed by atoms with E-state index in [-0.39, 0.29) is 35.4 Å². The van der Waals surface area contributed by atoms with Gasteiger partial charge in [0.2, 0.25) is 0 Å². The summed E-state index contributed by atoms with van der Waals surface area (Å²) in [5.41, 5.74) is 7.77. The number of carbonyl (C=O) groups is 3. The maximum absolute atomic E-state index is 13.0. The molecule has 2 amide bonds. The van der Waals surface area contributed by atoms with E-state index in [1.165, 1.54) is 23.8 Å². The van der Waals surface area contributed by atoms with Crippen molar-refractivity contribution in [3.8, 4) is 0 Å². The highest BCUT2D eigenvalue weighted by Gasteiger charge is 2.54. The Labute approximate surface area is 217 Å². The van der Waals surface area contributed by atoms with Gasteiger partial charge < -0.3 is 30.5 Å². The van der Waals surface area contributed by atoms with E-state index in [0.29, 0.717) is 11.3 Å². The number of anilines is 1. The maximum Gasteiger partial charge on any atom is 0.352 e. The number of carboxylic acids is 1. The Morgan fingerprint density at radius 3 is 2.89 bits per heavy atom. The van der Waals surface area contributed by atoms with Crippen molar-refractivity contribution in [2.45, 2.75) is 24.6 Å². The molecule has 3 aromatic heterocycles. The van der Waals surface area contributed by atoms with Crippen molar-refractivity contribution < 1.29 is 34.0 Å². The third-order valence-corrected chi connectivity index (χ3v) is 7.99. The number of β-lactam (4-membered cyclic amide) rings is 1. The molecule has 1 saturated heterocycles. The number of carboxylic acid groups (broad SMARTS) is 1. The highest BCUT2D eigenvalue weighted by Crippen LogP contribution is 2.40. The van der Waals surface area contributed by atoms with Gasteiger partial charge in [-0.1, -0.05) is 5.16 Å². The van der Waals surface area contributed by atoms with Crippen LogP contribution >= 0.6 is 23.1 Å². The number of aliphatic carboxylic acids is 1. The monoisotopic (exact) mass is 544 g/mol. The van der Waals surface area contributed by atoms with Crippen LogP contribution < -0.4 is 15.6 Å². The van der Waals surface area contributed by atoms with Gasteiger partial charge in [0.25, 0.3) is 11.8 Å². The number of amides is 2. The fourth-order valence-electron chi connectivity index (χ4n) is 4.31. The molecule has 15 heteroatoms. The zero-order valence-electron chi connectivity index (χ0n) is 19.4. The van der Waals surface area contributed by atoms with Gasteiger partial charge in [-0.3, -0.25) is 14.5 Å². The van der Waals surface area contributed by atoms with Crippen LogP contribution in [0.4, 0.5) is 5.13 Å². The highest BCUT2D eigenvalue weighted by molar-refractivity contribution is 8.00. The Morgan fingerprint density at radius 1 is 1.41 bits per heavy atom. The minimum Gasteiger partial charge on any atom is -0.477 e. The van der Waals surface area contributed by atoms with E-state index < -0.39 is 29.2 Å². The Hall–Kier alpha value is -3.95. The molecule has 2 aliphatic rings. The van der Waals surface area contributed by atoms with Crippen molar-refractivity contribution in [1.82, 2.24) is 19.6 Å². The third-order valence-electron chi connectivity index (χ3n) is 5.97. The lowest BCUT2D eigenvalue weighted by atomic mass is 10.0. The van der Waals surface area contributed by atoms with Crippen molar-refractivity contribution in [3.05, 3.63) is 58.8 Å². The van der Waals surface area contributed by atoms with Crippen molar-refractivity contribution >= 4 is 57.2 Å². The lowest BCUT2D eigenvalue weighted by Gasteiger charge is -2.49. The quantitative estimate of drug-likeness (QED) is 0.127. The van der Waals surface area contributed by atoms with Gasteiger partial charge in [-0.15, -0.1) is 23.1 Å².